The topological polar surface area (TPSA) is 79.8 Å². The molecule has 1 aromatic heterocycles. The van der Waals surface area contributed by atoms with Crippen LogP contribution in [0.25, 0.3) is 0 Å². The van der Waals surface area contributed by atoms with Gasteiger partial charge in [-0.1, -0.05) is 12.1 Å². The summed E-state index contributed by atoms with van der Waals surface area (Å²) in [6.45, 7) is 3.23. The molecule has 0 spiro atoms. The lowest BCUT2D eigenvalue weighted by atomic mass is 10.0. The predicted molar refractivity (Wildman–Crippen MR) is 111 cm³/mol. The number of hydrogen-bond donors (Lipinski definition) is 1. The van der Waals surface area contributed by atoms with Crippen LogP contribution < -0.4 is 19.7 Å². The number of carbonyl (C=O) groups is 1. The van der Waals surface area contributed by atoms with Crippen molar-refractivity contribution >= 4 is 17.5 Å². The summed E-state index contributed by atoms with van der Waals surface area (Å²) in [5.41, 5.74) is 0. The van der Waals surface area contributed by atoms with Crippen molar-refractivity contribution in [1.29, 1.82) is 0 Å². The number of aromatic nitrogens is 2. The molecule has 1 aromatic carbocycles. The first-order valence-electron chi connectivity index (χ1n) is 9.98. The minimum Gasteiger partial charge on any atom is -0.482 e. The van der Waals surface area contributed by atoms with E-state index in [0.717, 1.165) is 24.5 Å². The highest BCUT2D eigenvalue weighted by Crippen LogP contribution is 2.34. The summed E-state index contributed by atoms with van der Waals surface area (Å²) >= 11 is 0. The maximum absolute atomic E-state index is 13.0. The van der Waals surface area contributed by atoms with Gasteiger partial charge >= 0.3 is 0 Å². The van der Waals surface area contributed by atoms with Crippen molar-refractivity contribution in [3.8, 4) is 11.5 Å². The SMILES string of the molecule is CC1Oc2ccccc2OC1C(=O)N1CCC(Nc2cc(N(C)C)ncn2)CC1. The van der Waals surface area contributed by atoms with Crippen LogP contribution in [0.3, 0.4) is 0 Å². The number of hydrogen-bond acceptors (Lipinski definition) is 7. The Bertz CT molecular complexity index is 867. The van der Waals surface area contributed by atoms with E-state index in [-0.39, 0.29) is 18.1 Å². The third-order valence-electron chi connectivity index (χ3n) is 5.36. The van der Waals surface area contributed by atoms with Gasteiger partial charge in [0.1, 0.15) is 24.1 Å². The van der Waals surface area contributed by atoms with Crippen LogP contribution in [0.5, 0.6) is 11.5 Å². The zero-order valence-electron chi connectivity index (χ0n) is 17.0. The number of para-hydroxylation sites is 2. The van der Waals surface area contributed by atoms with E-state index in [1.165, 1.54) is 0 Å². The largest absolute Gasteiger partial charge is 0.482 e. The van der Waals surface area contributed by atoms with Crippen LogP contribution in [0, 0.1) is 0 Å². The quantitative estimate of drug-likeness (QED) is 0.847. The van der Waals surface area contributed by atoms with Gasteiger partial charge in [-0.15, -0.1) is 0 Å². The predicted octanol–water partition coefficient (Wildman–Crippen LogP) is 2.17. The number of amides is 1. The monoisotopic (exact) mass is 397 g/mol. The van der Waals surface area contributed by atoms with Crippen molar-refractivity contribution < 1.29 is 14.3 Å². The Morgan fingerprint density at radius 2 is 1.83 bits per heavy atom. The summed E-state index contributed by atoms with van der Waals surface area (Å²) in [4.78, 5) is 25.4. The second-order valence-electron chi connectivity index (χ2n) is 7.71. The summed E-state index contributed by atoms with van der Waals surface area (Å²) in [6.07, 6.45) is 2.34. The van der Waals surface area contributed by atoms with Gasteiger partial charge in [-0.25, -0.2) is 9.97 Å². The Balaban J connectivity index is 1.34. The molecule has 8 heteroatoms. The molecule has 3 heterocycles. The van der Waals surface area contributed by atoms with Crippen LogP contribution in [0.2, 0.25) is 0 Å². The minimum absolute atomic E-state index is 0.0117. The number of piperidine rings is 1. The molecule has 2 aliphatic heterocycles. The Hall–Kier alpha value is -3.03. The molecule has 2 aromatic rings. The van der Waals surface area contributed by atoms with Crippen molar-refractivity contribution in [2.24, 2.45) is 0 Å². The molecular formula is C21H27N5O3. The maximum atomic E-state index is 13.0. The van der Waals surface area contributed by atoms with E-state index < -0.39 is 6.10 Å². The van der Waals surface area contributed by atoms with Crippen LogP contribution in [-0.4, -0.2) is 66.2 Å². The van der Waals surface area contributed by atoms with E-state index >= 15 is 0 Å². The first-order valence-corrected chi connectivity index (χ1v) is 9.98. The molecule has 1 amide bonds. The minimum atomic E-state index is -0.612. The first kappa shape index (κ1) is 19.3. The first-order chi connectivity index (χ1) is 14.0. The smallest absolute Gasteiger partial charge is 0.267 e. The standard InChI is InChI=1S/C21H27N5O3/c1-14-20(29-17-7-5-4-6-16(17)28-14)21(27)26-10-8-15(9-11-26)24-18-12-19(25(2)3)23-13-22-18/h4-7,12-15,20H,8-11H2,1-3H3,(H,22,23,24). The lowest BCUT2D eigenvalue weighted by Gasteiger charge is -2.37. The lowest BCUT2D eigenvalue weighted by Crippen LogP contribution is -2.53. The molecule has 2 unspecified atom stereocenters. The number of carbonyl (C=O) groups excluding carboxylic acids is 1. The molecule has 2 aliphatic rings. The van der Waals surface area contributed by atoms with Gasteiger partial charge in [0, 0.05) is 39.3 Å². The third kappa shape index (κ3) is 4.21. The van der Waals surface area contributed by atoms with Gasteiger partial charge in [-0.3, -0.25) is 4.79 Å². The number of benzene rings is 1. The van der Waals surface area contributed by atoms with Crippen LogP contribution in [0.15, 0.2) is 36.7 Å². The van der Waals surface area contributed by atoms with E-state index in [2.05, 4.69) is 15.3 Å². The number of fused-ring (bicyclic) bond motifs is 1. The Labute approximate surface area is 170 Å². The Morgan fingerprint density at radius 1 is 1.14 bits per heavy atom. The van der Waals surface area contributed by atoms with E-state index in [0.29, 0.717) is 24.6 Å². The summed E-state index contributed by atoms with van der Waals surface area (Å²) in [7, 11) is 3.90. The Kier molecular flexibility index (Phi) is 5.42. The van der Waals surface area contributed by atoms with Gasteiger partial charge in [0.15, 0.2) is 11.5 Å². The lowest BCUT2D eigenvalue weighted by molar-refractivity contribution is -0.145. The van der Waals surface area contributed by atoms with Gasteiger partial charge < -0.3 is 24.6 Å². The molecule has 1 N–H and O–H groups in total. The normalized spacial score (nSPS) is 21.6. The number of nitrogens with zero attached hydrogens (tertiary/aromatic N) is 4. The van der Waals surface area contributed by atoms with Gasteiger partial charge in [-0.05, 0) is 31.9 Å². The number of likely N-dealkylation sites (tertiary alicyclic amines) is 1. The molecular weight excluding hydrogens is 370 g/mol. The van der Waals surface area contributed by atoms with Crippen molar-refractivity contribution in [3.63, 3.8) is 0 Å². The van der Waals surface area contributed by atoms with Gasteiger partial charge in [0.2, 0.25) is 6.10 Å². The third-order valence-corrected chi connectivity index (χ3v) is 5.36. The Morgan fingerprint density at radius 3 is 2.52 bits per heavy atom. The molecule has 0 radical (unpaired) electrons. The van der Waals surface area contributed by atoms with Crippen LogP contribution >= 0.6 is 0 Å². The molecule has 8 nitrogen and oxygen atoms in total. The molecule has 0 aliphatic carbocycles. The summed E-state index contributed by atoms with van der Waals surface area (Å²) < 4.78 is 11.8. The van der Waals surface area contributed by atoms with Crippen LogP contribution in [0.1, 0.15) is 19.8 Å². The van der Waals surface area contributed by atoms with Gasteiger partial charge in [-0.2, -0.15) is 0 Å². The molecule has 1 fully saturated rings. The van der Waals surface area contributed by atoms with Gasteiger partial charge in [0.05, 0.1) is 0 Å². The highest BCUT2D eigenvalue weighted by molar-refractivity contribution is 5.82. The molecule has 1 saturated heterocycles. The van der Waals surface area contributed by atoms with Gasteiger partial charge in [0.25, 0.3) is 5.91 Å². The molecule has 2 atom stereocenters. The fourth-order valence-corrected chi connectivity index (χ4v) is 3.69. The average Bonchev–Trinajstić information content (AvgIpc) is 2.73. The van der Waals surface area contributed by atoms with E-state index in [9.17, 15) is 4.79 Å². The van der Waals surface area contributed by atoms with Crippen LogP contribution in [0.4, 0.5) is 11.6 Å². The summed E-state index contributed by atoms with van der Waals surface area (Å²) in [6, 6.07) is 9.68. The average molecular weight is 397 g/mol. The second-order valence-corrected chi connectivity index (χ2v) is 7.71. The molecule has 0 saturated carbocycles. The summed E-state index contributed by atoms with van der Waals surface area (Å²) in [5, 5.41) is 3.47. The zero-order valence-corrected chi connectivity index (χ0v) is 17.0. The molecule has 0 bridgehead atoms. The maximum Gasteiger partial charge on any atom is 0.267 e. The molecule has 154 valence electrons. The molecule has 4 rings (SSSR count). The fourth-order valence-electron chi connectivity index (χ4n) is 3.69. The van der Waals surface area contributed by atoms with Crippen LogP contribution in [-0.2, 0) is 4.79 Å². The summed E-state index contributed by atoms with van der Waals surface area (Å²) in [5.74, 6) is 2.97. The van der Waals surface area contributed by atoms with Crippen molar-refractivity contribution in [3.05, 3.63) is 36.7 Å². The zero-order chi connectivity index (χ0) is 20.4. The molecule has 29 heavy (non-hydrogen) atoms. The van der Waals surface area contributed by atoms with E-state index in [1.807, 2.05) is 61.2 Å². The van der Waals surface area contributed by atoms with E-state index in [4.69, 9.17) is 9.47 Å². The highest BCUT2D eigenvalue weighted by Gasteiger charge is 2.37. The highest BCUT2D eigenvalue weighted by atomic mass is 16.6. The van der Waals surface area contributed by atoms with Crippen molar-refractivity contribution in [1.82, 2.24) is 14.9 Å². The van der Waals surface area contributed by atoms with Crippen molar-refractivity contribution in [2.75, 3.05) is 37.4 Å². The van der Waals surface area contributed by atoms with E-state index in [1.54, 1.807) is 6.33 Å². The second kappa shape index (κ2) is 8.14. The number of nitrogens with one attached hydrogen (secondary N) is 1. The number of anilines is 2. The number of ether oxygens (including phenoxy) is 2. The number of rotatable bonds is 4. The fraction of sp³-hybridized carbons (Fsp3) is 0.476. The van der Waals surface area contributed by atoms with Crippen molar-refractivity contribution in [2.45, 2.75) is 38.0 Å².